The second-order valence-electron chi connectivity index (χ2n) is 7.91. The quantitative estimate of drug-likeness (QED) is 0.433. The molecule has 0 heterocycles. The lowest BCUT2D eigenvalue weighted by Gasteiger charge is -2.28. The van der Waals surface area contributed by atoms with Crippen molar-refractivity contribution in [2.45, 2.75) is 59.3 Å². The van der Waals surface area contributed by atoms with E-state index in [9.17, 15) is 9.59 Å². The first-order valence-corrected chi connectivity index (χ1v) is 8.97. The van der Waals surface area contributed by atoms with E-state index in [1.807, 2.05) is 0 Å². The van der Waals surface area contributed by atoms with Crippen LogP contribution in [-0.2, 0) is 16.0 Å². The van der Waals surface area contributed by atoms with Gasteiger partial charge >= 0.3 is 12.2 Å². The van der Waals surface area contributed by atoms with E-state index in [0.29, 0.717) is 11.3 Å². The number of hydrogen-bond acceptors (Lipinski definition) is 7. The molecule has 0 unspecified atom stereocenters. The van der Waals surface area contributed by atoms with Gasteiger partial charge in [0.2, 0.25) is 5.96 Å². The van der Waals surface area contributed by atoms with Crippen LogP contribution >= 0.6 is 12.2 Å². The Labute approximate surface area is 170 Å². The molecule has 0 fully saturated rings. The third-order valence-corrected chi connectivity index (χ3v) is 3.05. The number of rotatable bonds is 3. The maximum Gasteiger partial charge on any atom is 0.417 e. The van der Waals surface area contributed by atoms with Crippen molar-refractivity contribution in [3.05, 3.63) is 29.8 Å². The summed E-state index contributed by atoms with van der Waals surface area (Å²) in [5.74, 6) is -0.454. The zero-order valence-corrected chi connectivity index (χ0v) is 17.8. The average Bonchev–Trinajstić information content (AvgIpc) is 2.50. The van der Waals surface area contributed by atoms with Crippen LogP contribution in [0.4, 0.5) is 15.3 Å². The zero-order valence-electron chi connectivity index (χ0n) is 17.0. The van der Waals surface area contributed by atoms with Gasteiger partial charge < -0.3 is 9.47 Å². The van der Waals surface area contributed by atoms with Crippen molar-refractivity contribution in [2.24, 2.45) is 4.99 Å². The van der Waals surface area contributed by atoms with Crippen molar-refractivity contribution >= 4 is 41.2 Å². The molecule has 1 aromatic carbocycles. The molecule has 0 radical (unpaired) electrons. The van der Waals surface area contributed by atoms with Gasteiger partial charge in [-0.05, 0) is 71.5 Å². The van der Waals surface area contributed by atoms with E-state index in [0.717, 1.165) is 4.90 Å². The Hall–Kier alpha value is -2.77. The van der Waals surface area contributed by atoms with E-state index in [1.54, 1.807) is 65.8 Å². The normalized spacial score (nSPS) is 11.1. The molecule has 2 N–H and O–H groups in total. The molecule has 9 heteroatoms. The number of benzene rings is 1. The molecular formula is C19H26N4O4S. The first-order chi connectivity index (χ1) is 12.8. The molecule has 0 atom stereocenters. The lowest BCUT2D eigenvalue weighted by molar-refractivity contribution is 0.0346. The van der Waals surface area contributed by atoms with Crippen LogP contribution in [0.25, 0.3) is 0 Å². The van der Waals surface area contributed by atoms with Gasteiger partial charge in [-0.1, -0.05) is 12.1 Å². The van der Waals surface area contributed by atoms with Crippen molar-refractivity contribution in [3.8, 4) is 0 Å². The van der Waals surface area contributed by atoms with Crippen LogP contribution in [0.2, 0.25) is 0 Å². The number of nitrogens with zero attached hydrogens (tertiary/aromatic N) is 2. The molecule has 0 aliphatic rings. The maximum absolute atomic E-state index is 12.6. The van der Waals surface area contributed by atoms with Crippen LogP contribution in [0.15, 0.2) is 29.3 Å². The van der Waals surface area contributed by atoms with Gasteiger partial charge in [-0.25, -0.2) is 14.5 Å². The Morgan fingerprint density at radius 2 is 1.64 bits per heavy atom. The number of hydrogen-bond donors (Lipinski definition) is 2. The third-order valence-electron chi connectivity index (χ3n) is 2.95. The molecule has 0 aromatic heterocycles. The highest BCUT2D eigenvalue weighted by Gasteiger charge is 2.27. The van der Waals surface area contributed by atoms with Gasteiger partial charge in [-0.2, -0.15) is 4.99 Å². The van der Waals surface area contributed by atoms with Crippen molar-refractivity contribution in [2.75, 3.05) is 0 Å². The summed E-state index contributed by atoms with van der Waals surface area (Å²) in [5, 5.41) is 12.7. The van der Waals surface area contributed by atoms with Crippen LogP contribution in [-0.4, -0.2) is 39.4 Å². The molecule has 0 aliphatic carbocycles. The van der Waals surface area contributed by atoms with E-state index in [-0.39, 0.29) is 6.54 Å². The Bertz CT molecular complexity index is 773. The minimum atomic E-state index is -0.836. The summed E-state index contributed by atoms with van der Waals surface area (Å²) in [5.41, 5.74) is -0.187. The summed E-state index contributed by atoms with van der Waals surface area (Å²) < 4.78 is 10.5. The molecule has 152 valence electrons. The number of aliphatic imine (C=N–C) groups is 1. The number of thiocarbonyl (C=S) groups is 1. The number of ether oxygens (including phenoxy) is 2. The molecule has 1 aromatic rings. The molecule has 28 heavy (non-hydrogen) atoms. The first-order valence-electron chi connectivity index (χ1n) is 8.56. The Kier molecular flexibility index (Phi) is 7.84. The fourth-order valence-corrected chi connectivity index (χ4v) is 2.04. The predicted octanol–water partition coefficient (Wildman–Crippen LogP) is 4.62. The minimum Gasteiger partial charge on any atom is -0.444 e. The van der Waals surface area contributed by atoms with Gasteiger partial charge in [0, 0.05) is 0 Å². The van der Waals surface area contributed by atoms with Crippen LogP contribution in [0.1, 0.15) is 47.1 Å². The SMILES string of the molecule is CC(C)(C)OC(=O)NC(=N)N(Cc1ccc(N=C=S)cc1)C(=O)OC(C)(C)C. The van der Waals surface area contributed by atoms with Crippen LogP contribution in [0, 0.1) is 5.41 Å². The van der Waals surface area contributed by atoms with E-state index < -0.39 is 29.3 Å². The molecule has 8 nitrogen and oxygen atoms in total. The summed E-state index contributed by atoms with van der Waals surface area (Å²) in [6, 6.07) is 6.85. The number of amides is 2. The summed E-state index contributed by atoms with van der Waals surface area (Å²) >= 11 is 4.57. The van der Waals surface area contributed by atoms with Crippen LogP contribution in [0.3, 0.4) is 0 Å². The number of nitrogens with one attached hydrogen (secondary N) is 2. The van der Waals surface area contributed by atoms with Crippen molar-refractivity contribution in [1.29, 1.82) is 5.41 Å². The topological polar surface area (TPSA) is 104 Å². The van der Waals surface area contributed by atoms with Gasteiger partial charge in [0.1, 0.15) is 11.2 Å². The van der Waals surface area contributed by atoms with Crippen molar-refractivity contribution in [1.82, 2.24) is 10.2 Å². The fourth-order valence-electron chi connectivity index (χ4n) is 1.93. The first kappa shape index (κ1) is 23.3. The smallest absolute Gasteiger partial charge is 0.417 e. The Morgan fingerprint density at radius 1 is 1.11 bits per heavy atom. The Morgan fingerprint density at radius 3 is 2.11 bits per heavy atom. The molecule has 0 spiro atoms. The highest BCUT2D eigenvalue weighted by atomic mass is 32.1. The molecule has 2 amide bonds. The molecular weight excluding hydrogens is 380 g/mol. The highest BCUT2D eigenvalue weighted by Crippen LogP contribution is 2.16. The second-order valence-corrected chi connectivity index (χ2v) is 8.09. The monoisotopic (exact) mass is 406 g/mol. The number of carbonyl (C=O) groups is 2. The lowest BCUT2D eigenvalue weighted by Crippen LogP contribution is -2.49. The fraction of sp³-hybridized carbons (Fsp3) is 0.474. The highest BCUT2D eigenvalue weighted by molar-refractivity contribution is 7.78. The van der Waals surface area contributed by atoms with E-state index in [4.69, 9.17) is 14.9 Å². The zero-order chi connectivity index (χ0) is 21.5. The lowest BCUT2D eigenvalue weighted by atomic mass is 10.2. The van der Waals surface area contributed by atoms with Gasteiger partial charge in [0.25, 0.3) is 0 Å². The molecule has 0 aliphatic heterocycles. The van der Waals surface area contributed by atoms with Gasteiger partial charge in [0.15, 0.2) is 0 Å². The van der Waals surface area contributed by atoms with Gasteiger partial charge in [0.05, 0.1) is 17.4 Å². The molecule has 0 saturated heterocycles. The van der Waals surface area contributed by atoms with Crippen LogP contribution in [0.5, 0.6) is 0 Å². The molecule has 0 saturated carbocycles. The number of isothiocyanates is 1. The third kappa shape index (κ3) is 8.75. The number of guanidine groups is 1. The summed E-state index contributed by atoms with van der Waals surface area (Å²) in [6.07, 6.45) is -1.61. The Balaban J connectivity index is 3.00. The standard InChI is InChI=1S/C19H26N4O4S/c1-18(2,3)26-16(24)22-15(20)23(17(25)27-19(4,5)6)11-13-7-9-14(10-8-13)21-12-28/h7-10H,11H2,1-6H3,(H2,20,22,24). The van der Waals surface area contributed by atoms with Crippen molar-refractivity contribution < 1.29 is 19.1 Å². The minimum absolute atomic E-state index is 0.00509. The van der Waals surface area contributed by atoms with E-state index >= 15 is 0 Å². The van der Waals surface area contributed by atoms with Gasteiger partial charge in [-0.15, -0.1) is 0 Å². The summed E-state index contributed by atoms with van der Waals surface area (Å²) in [7, 11) is 0. The average molecular weight is 407 g/mol. The second kappa shape index (κ2) is 9.43. The summed E-state index contributed by atoms with van der Waals surface area (Å²) in [6.45, 7) is 10.2. The maximum atomic E-state index is 12.6. The number of carbonyl (C=O) groups excluding carboxylic acids is 2. The molecule has 1 rings (SSSR count). The number of alkyl carbamates (subject to hydrolysis) is 1. The summed E-state index contributed by atoms with van der Waals surface area (Å²) in [4.78, 5) is 29.4. The molecule has 0 bridgehead atoms. The largest absolute Gasteiger partial charge is 0.444 e. The van der Waals surface area contributed by atoms with E-state index in [1.165, 1.54) is 0 Å². The van der Waals surface area contributed by atoms with Crippen molar-refractivity contribution in [3.63, 3.8) is 0 Å². The predicted molar refractivity (Wildman–Crippen MR) is 110 cm³/mol. The van der Waals surface area contributed by atoms with Crippen LogP contribution < -0.4 is 5.32 Å². The van der Waals surface area contributed by atoms with Gasteiger partial charge in [-0.3, -0.25) is 10.7 Å². The van der Waals surface area contributed by atoms with E-state index in [2.05, 4.69) is 27.7 Å².